The van der Waals surface area contributed by atoms with Gasteiger partial charge < -0.3 is 37.1 Å². The van der Waals surface area contributed by atoms with Crippen molar-refractivity contribution in [1.29, 1.82) is 0 Å². The van der Waals surface area contributed by atoms with Crippen molar-refractivity contribution >= 4 is 37.2 Å². The molecule has 1 aromatic rings. The average molecular weight is 341 g/mol. The van der Waals surface area contributed by atoms with Crippen molar-refractivity contribution in [2.75, 3.05) is 0 Å². The molecule has 0 spiro atoms. The third-order valence-electron chi connectivity index (χ3n) is 0.556. The van der Waals surface area contributed by atoms with Gasteiger partial charge in [-0.25, -0.2) is 12.1 Å². The summed E-state index contributed by atoms with van der Waals surface area (Å²) < 4.78 is 0. The van der Waals surface area contributed by atoms with Crippen LogP contribution in [-0.4, -0.2) is 0 Å². The second-order valence-electron chi connectivity index (χ2n) is 0.962. The van der Waals surface area contributed by atoms with Crippen molar-refractivity contribution in [2.24, 2.45) is 0 Å². The van der Waals surface area contributed by atoms with Gasteiger partial charge in [0.25, 0.3) is 0 Å². The van der Waals surface area contributed by atoms with Crippen molar-refractivity contribution in [3.63, 3.8) is 0 Å². The Morgan fingerprint density at radius 1 is 0.571 bits per heavy atom. The fourth-order valence-corrected chi connectivity index (χ4v) is 0.321. The van der Waals surface area contributed by atoms with Crippen molar-refractivity contribution in [3.8, 4) is 0 Å². The molecule has 1 rings (SSSR count). The Hall–Kier alpha value is 1.10. The minimum absolute atomic E-state index is 0. The molecule has 94 valence electrons. The molecule has 0 heterocycles. The fraction of sp³-hybridized carbons (Fsp3) is 0. The summed E-state index contributed by atoms with van der Waals surface area (Å²) in [6, 6.07) is 10.0. The number of rotatable bonds is 0. The molecule has 14 heavy (non-hydrogen) atoms. The Morgan fingerprint density at radius 3 is 0.857 bits per heavy atom. The summed E-state index contributed by atoms with van der Waals surface area (Å²) in [5.74, 6) is 0. The molecule has 0 fully saturated rings. The summed E-state index contributed by atoms with van der Waals surface area (Å²) in [6.45, 7) is 0. The summed E-state index contributed by atoms with van der Waals surface area (Å²) in [5.41, 5.74) is 0. The standard InChI is InChI=1S/C5H5.5CH3.3ClH.Zr/c1-2-4-5-3-1;;;;;;;;;/h1-5H;5*1H3;3*1H;/q6*-1;;;;. The van der Waals surface area contributed by atoms with Crippen LogP contribution in [0.5, 0.6) is 0 Å². The first-order valence-electron chi connectivity index (χ1n) is 1.67. The molecule has 4 heteroatoms. The second-order valence-corrected chi connectivity index (χ2v) is 0.962. The summed E-state index contributed by atoms with van der Waals surface area (Å²) in [6.07, 6.45) is 0. The third kappa shape index (κ3) is 51.5. The summed E-state index contributed by atoms with van der Waals surface area (Å²) in [4.78, 5) is 0. The van der Waals surface area contributed by atoms with Gasteiger partial charge in [0.15, 0.2) is 0 Å². The zero-order chi connectivity index (χ0) is 3.54. The average Bonchev–Trinajstić information content (AvgIpc) is 1.76. The van der Waals surface area contributed by atoms with E-state index in [1.807, 2.05) is 30.3 Å². The van der Waals surface area contributed by atoms with Crippen LogP contribution in [0.3, 0.4) is 0 Å². The molecule has 0 saturated heterocycles. The van der Waals surface area contributed by atoms with Crippen molar-refractivity contribution in [3.05, 3.63) is 67.5 Å². The summed E-state index contributed by atoms with van der Waals surface area (Å²) >= 11 is 0. The maximum atomic E-state index is 2.00. The van der Waals surface area contributed by atoms with Crippen molar-refractivity contribution in [2.45, 2.75) is 0 Å². The Balaban J connectivity index is -0.00000000397. The van der Waals surface area contributed by atoms with Gasteiger partial charge >= 0.3 is 0 Å². The van der Waals surface area contributed by atoms with E-state index in [1.165, 1.54) is 0 Å². The molecular weight excluding hydrogens is 318 g/mol. The molecule has 1 aromatic carbocycles. The molecule has 0 radical (unpaired) electrons. The Labute approximate surface area is 130 Å². The predicted octanol–water partition coefficient (Wildman–Crippen LogP) is 4.92. The van der Waals surface area contributed by atoms with E-state index in [0.717, 1.165) is 0 Å². The SMILES string of the molecule is Cl.Cl.Cl.[CH3-].[CH3-].[CH3-].[CH3-].[CH3-].[Zr].c1cc[cH-]c1. The zero-order valence-electron chi connectivity index (χ0n) is 9.61. The maximum absolute atomic E-state index is 2.00. The Morgan fingerprint density at radius 2 is 0.786 bits per heavy atom. The van der Waals surface area contributed by atoms with Gasteiger partial charge in [-0.15, -0.1) is 37.2 Å². The van der Waals surface area contributed by atoms with Crippen LogP contribution in [0.1, 0.15) is 0 Å². The Bertz CT molecular complexity index is 71.8. The maximum Gasteiger partial charge on any atom is 0 e. The van der Waals surface area contributed by atoms with Crippen molar-refractivity contribution in [1.82, 2.24) is 0 Å². The molecule has 0 aliphatic heterocycles. The first-order chi connectivity index (χ1) is 2.50. The van der Waals surface area contributed by atoms with E-state index < -0.39 is 0 Å². The summed E-state index contributed by atoms with van der Waals surface area (Å²) in [7, 11) is 0. The number of halogens is 3. The fourth-order valence-electron chi connectivity index (χ4n) is 0.321. The molecule has 0 unspecified atom stereocenters. The van der Waals surface area contributed by atoms with Crippen LogP contribution in [0.15, 0.2) is 30.3 Å². The van der Waals surface area contributed by atoms with E-state index in [9.17, 15) is 0 Å². The van der Waals surface area contributed by atoms with Crippen LogP contribution in [0.4, 0.5) is 0 Å². The first-order valence-corrected chi connectivity index (χ1v) is 1.67. The van der Waals surface area contributed by atoms with Gasteiger partial charge in [0.05, 0.1) is 0 Å². The zero-order valence-corrected chi connectivity index (χ0v) is 14.5. The largest absolute Gasteiger partial charge is 0.358 e. The van der Waals surface area contributed by atoms with Crippen LogP contribution < -0.4 is 0 Å². The van der Waals surface area contributed by atoms with E-state index >= 15 is 0 Å². The number of hydrogen-bond acceptors (Lipinski definition) is 0. The van der Waals surface area contributed by atoms with E-state index in [-0.39, 0.29) is 101 Å². The predicted molar refractivity (Wildman–Crippen MR) is 75.8 cm³/mol. The van der Waals surface area contributed by atoms with Gasteiger partial charge in [0.2, 0.25) is 0 Å². The molecule has 0 aromatic heterocycles. The molecule has 0 amide bonds. The normalized spacial score (nSPS) is 2.86. The molecule has 0 aliphatic rings. The van der Waals surface area contributed by atoms with E-state index in [0.29, 0.717) is 0 Å². The summed E-state index contributed by atoms with van der Waals surface area (Å²) in [5, 5.41) is 0. The first kappa shape index (κ1) is 80.6. The topological polar surface area (TPSA) is 0 Å². The third-order valence-corrected chi connectivity index (χ3v) is 0.556. The monoisotopic (exact) mass is 338 g/mol. The molecule has 0 bridgehead atoms. The van der Waals surface area contributed by atoms with Gasteiger partial charge in [0.1, 0.15) is 0 Å². The van der Waals surface area contributed by atoms with Crippen LogP contribution in [0.25, 0.3) is 0 Å². The van der Waals surface area contributed by atoms with E-state index in [4.69, 9.17) is 0 Å². The van der Waals surface area contributed by atoms with Gasteiger partial charge in [-0.3, -0.25) is 0 Å². The molecule has 0 nitrogen and oxygen atoms in total. The van der Waals surface area contributed by atoms with Crippen LogP contribution in [0.2, 0.25) is 0 Å². The van der Waals surface area contributed by atoms with Crippen LogP contribution in [-0.2, 0) is 26.2 Å². The van der Waals surface area contributed by atoms with E-state index in [2.05, 4.69) is 0 Å². The van der Waals surface area contributed by atoms with E-state index in [1.54, 1.807) is 0 Å². The van der Waals surface area contributed by atoms with Gasteiger partial charge in [-0.05, 0) is 0 Å². The smallest absolute Gasteiger partial charge is 0 e. The molecule has 0 aliphatic carbocycles. The van der Waals surface area contributed by atoms with Crippen LogP contribution in [0, 0.1) is 37.1 Å². The molecular formula is C10H23Cl3Zr-6. The van der Waals surface area contributed by atoms with Gasteiger partial charge in [-0.2, -0.15) is 18.2 Å². The number of hydrogen-bond donors (Lipinski definition) is 0. The van der Waals surface area contributed by atoms with Gasteiger partial charge in [0, 0.05) is 26.2 Å². The minimum atomic E-state index is 0. The van der Waals surface area contributed by atoms with Crippen molar-refractivity contribution < 1.29 is 26.2 Å². The molecule has 0 N–H and O–H groups in total. The van der Waals surface area contributed by atoms with Crippen LogP contribution >= 0.6 is 37.2 Å². The quantitative estimate of drug-likeness (QED) is 0.588. The molecule has 0 atom stereocenters. The second kappa shape index (κ2) is 65.0. The minimum Gasteiger partial charge on any atom is -0.358 e. The molecule has 0 saturated carbocycles. The van der Waals surface area contributed by atoms with Gasteiger partial charge in [-0.1, -0.05) is 0 Å². The Kier molecular flexibility index (Phi) is 374.